The molecular formula is C28H34N6O2. The number of nitrogens with zero attached hydrogens (tertiary/aromatic N) is 4. The summed E-state index contributed by atoms with van der Waals surface area (Å²) in [5.41, 5.74) is 5.49. The number of rotatable bonds is 6. The highest BCUT2D eigenvalue weighted by atomic mass is 16.3. The van der Waals surface area contributed by atoms with Gasteiger partial charge in [-0.2, -0.15) is 0 Å². The van der Waals surface area contributed by atoms with Gasteiger partial charge in [0.2, 0.25) is 5.95 Å². The fourth-order valence-corrected chi connectivity index (χ4v) is 5.09. The lowest BCUT2D eigenvalue weighted by Gasteiger charge is -2.32. The summed E-state index contributed by atoms with van der Waals surface area (Å²) in [5.74, 6) is 2.01. The minimum atomic E-state index is 0.0259. The number of benzene rings is 1. The number of carbonyl (C=O) groups excluding carboxylic acids is 1. The van der Waals surface area contributed by atoms with Gasteiger partial charge in [-0.15, -0.1) is 0 Å². The summed E-state index contributed by atoms with van der Waals surface area (Å²) in [4.78, 5) is 28.7. The Hall–Kier alpha value is -3.52. The predicted octanol–water partition coefficient (Wildman–Crippen LogP) is 4.53. The number of aliphatic hydroxyl groups is 1. The molecule has 1 aromatic carbocycles. The highest BCUT2D eigenvalue weighted by Crippen LogP contribution is 2.37. The molecule has 0 radical (unpaired) electrons. The highest BCUT2D eigenvalue weighted by Gasteiger charge is 2.31. The van der Waals surface area contributed by atoms with Gasteiger partial charge in [0.15, 0.2) is 0 Å². The summed E-state index contributed by atoms with van der Waals surface area (Å²) >= 11 is 0. The van der Waals surface area contributed by atoms with Gasteiger partial charge in [0, 0.05) is 66.4 Å². The molecule has 2 aromatic heterocycles. The van der Waals surface area contributed by atoms with Crippen molar-refractivity contribution in [3.8, 4) is 11.3 Å². The lowest BCUT2D eigenvalue weighted by Crippen LogP contribution is -2.38. The molecule has 3 N–H and O–H groups in total. The molecule has 1 saturated heterocycles. The lowest BCUT2D eigenvalue weighted by atomic mass is 9.87. The number of amides is 1. The molecule has 0 bridgehead atoms. The Kier molecular flexibility index (Phi) is 6.62. The van der Waals surface area contributed by atoms with E-state index in [1.54, 1.807) is 6.20 Å². The second-order valence-corrected chi connectivity index (χ2v) is 10.5. The van der Waals surface area contributed by atoms with E-state index in [-0.39, 0.29) is 17.9 Å². The van der Waals surface area contributed by atoms with Gasteiger partial charge in [-0.3, -0.25) is 4.79 Å². The van der Waals surface area contributed by atoms with Crippen LogP contribution in [0.25, 0.3) is 11.3 Å². The molecule has 4 heterocycles. The number of hydrogen-bond acceptors (Lipinski definition) is 7. The number of aliphatic hydroxyl groups excluding tert-OH is 1. The van der Waals surface area contributed by atoms with E-state index in [1.165, 1.54) is 5.56 Å². The van der Waals surface area contributed by atoms with Crippen molar-refractivity contribution in [2.24, 2.45) is 5.92 Å². The van der Waals surface area contributed by atoms with Crippen molar-refractivity contribution in [1.82, 2.24) is 19.9 Å². The SMILES string of the molecule is Cc1cc(C(=O)N2CCC(CCO)CC2)ccc1Nc1nccc(-c2cnc3c(c2)C(C)(C)CN3)n1. The molecule has 1 amide bonds. The Morgan fingerprint density at radius 2 is 2.00 bits per heavy atom. The number of hydrogen-bond donors (Lipinski definition) is 3. The van der Waals surface area contributed by atoms with Crippen LogP contribution in [-0.4, -0.2) is 57.1 Å². The Morgan fingerprint density at radius 3 is 2.75 bits per heavy atom. The fourth-order valence-electron chi connectivity index (χ4n) is 5.09. The van der Waals surface area contributed by atoms with Crippen molar-refractivity contribution >= 4 is 23.4 Å². The third kappa shape index (κ3) is 4.91. The molecule has 188 valence electrons. The zero-order chi connectivity index (χ0) is 25.3. The first-order chi connectivity index (χ1) is 17.3. The standard InChI is InChI=1S/C28H34N6O2/c1-18-14-20(26(36)34-11-7-19(8-12-34)9-13-35)4-5-23(18)32-27-29-10-6-24(33-27)21-15-22-25(30-16-21)31-17-28(22,2)3/h4-6,10,14-16,19,35H,7-9,11-13,17H2,1-3H3,(H,30,31)(H,29,32,33). The molecular weight excluding hydrogens is 452 g/mol. The molecule has 2 aliphatic rings. The van der Waals surface area contributed by atoms with E-state index in [4.69, 9.17) is 10.1 Å². The number of nitrogens with one attached hydrogen (secondary N) is 2. The molecule has 3 aromatic rings. The van der Waals surface area contributed by atoms with Gasteiger partial charge in [0.1, 0.15) is 5.82 Å². The van der Waals surface area contributed by atoms with E-state index < -0.39 is 0 Å². The highest BCUT2D eigenvalue weighted by molar-refractivity contribution is 5.95. The van der Waals surface area contributed by atoms with Crippen LogP contribution in [-0.2, 0) is 5.41 Å². The zero-order valence-electron chi connectivity index (χ0n) is 21.2. The molecule has 8 heteroatoms. The molecule has 2 aliphatic heterocycles. The second-order valence-electron chi connectivity index (χ2n) is 10.5. The van der Waals surface area contributed by atoms with E-state index in [0.29, 0.717) is 17.4 Å². The van der Waals surface area contributed by atoms with E-state index >= 15 is 0 Å². The van der Waals surface area contributed by atoms with Gasteiger partial charge in [-0.25, -0.2) is 15.0 Å². The maximum Gasteiger partial charge on any atom is 0.253 e. The van der Waals surface area contributed by atoms with Crippen molar-refractivity contribution in [3.63, 3.8) is 0 Å². The van der Waals surface area contributed by atoms with E-state index in [1.807, 2.05) is 42.3 Å². The number of piperidine rings is 1. The summed E-state index contributed by atoms with van der Waals surface area (Å²) in [6.07, 6.45) is 6.31. The third-order valence-electron chi connectivity index (χ3n) is 7.42. The lowest BCUT2D eigenvalue weighted by molar-refractivity contribution is 0.0678. The maximum atomic E-state index is 13.0. The van der Waals surface area contributed by atoms with Crippen molar-refractivity contribution in [3.05, 3.63) is 59.4 Å². The van der Waals surface area contributed by atoms with Crippen LogP contribution in [0.5, 0.6) is 0 Å². The molecule has 0 aliphatic carbocycles. The molecule has 1 fully saturated rings. The molecule has 0 unspecified atom stereocenters. The van der Waals surface area contributed by atoms with Crippen molar-refractivity contribution in [1.29, 1.82) is 0 Å². The van der Waals surface area contributed by atoms with Gasteiger partial charge in [-0.1, -0.05) is 13.8 Å². The number of aromatic nitrogens is 3. The summed E-state index contributed by atoms with van der Waals surface area (Å²) in [6, 6.07) is 9.76. The predicted molar refractivity (Wildman–Crippen MR) is 142 cm³/mol. The van der Waals surface area contributed by atoms with Crippen LogP contribution in [0.15, 0.2) is 42.7 Å². The molecule has 0 saturated carbocycles. The normalized spacial score (nSPS) is 16.9. The number of aryl methyl sites for hydroxylation is 1. The molecule has 5 rings (SSSR count). The number of fused-ring (bicyclic) bond motifs is 1. The van der Waals surface area contributed by atoms with E-state index in [9.17, 15) is 4.79 Å². The van der Waals surface area contributed by atoms with Gasteiger partial charge >= 0.3 is 0 Å². The summed E-state index contributed by atoms with van der Waals surface area (Å²) in [6.45, 7) is 8.98. The first-order valence-electron chi connectivity index (χ1n) is 12.7. The molecule has 8 nitrogen and oxygen atoms in total. The fraction of sp³-hybridized carbons (Fsp3) is 0.429. The minimum Gasteiger partial charge on any atom is -0.396 e. The second kappa shape index (κ2) is 9.85. The quantitative estimate of drug-likeness (QED) is 0.470. The van der Waals surface area contributed by atoms with Crippen LogP contribution in [0.1, 0.15) is 54.6 Å². The van der Waals surface area contributed by atoms with Crippen LogP contribution in [0.3, 0.4) is 0 Å². The van der Waals surface area contributed by atoms with Gasteiger partial charge in [0.05, 0.1) is 5.69 Å². The van der Waals surface area contributed by atoms with E-state index in [0.717, 1.165) is 67.2 Å². The van der Waals surface area contributed by atoms with Crippen molar-refractivity contribution in [2.45, 2.75) is 45.4 Å². The monoisotopic (exact) mass is 486 g/mol. The number of likely N-dealkylation sites (tertiary alicyclic amines) is 1. The number of pyridine rings is 1. The Balaban J connectivity index is 1.29. The van der Waals surface area contributed by atoms with Crippen LogP contribution in [0.4, 0.5) is 17.5 Å². The minimum absolute atomic E-state index is 0.0259. The van der Waals surface area contributed by atoms with Crippen molar-refractivity contribution in [2.75, 3.05) is 36.9 Å². The Labute approximate surface area is 212 Å². The maximum absolute atomic E-state index is 13.0. The zero-order valence-corrected chi connectivity index (χ0v) is 21.2. The third-order valence-corrected chi connectivity index (χ3v) is 7.42. The summed E-state index contributed by atoms with van der Waals surface area (Å²) in [5, 5.41) is 15.8. The van der Waals surface area contributed by atoms with Gasteiger partial charge in [0.25, 0.3) is 5.91 Å². The summed E-state index contributed by atoms with van der Waals surface area (Å²) < 4.78 is 0. The first-order valence-corrected chi connectivity index (χ1v) is 12.7. The van der Waals surface area contributed by atoms with Crippen LogP contribution < -0.4 is 10.6 Å². The van der Waals surface area contributed by atoms with Crippen LogP contribution in [0, 0.1) is 12.8 Å². The molecule has 0 atom stereocenters. The van der Waals surface area contributed by atoms with Crippen molar-refractivity contribution < 1.29 is 9.90 Å². The number of anilines is 3. The van der Waals surface area contributed by atoms with Gasteiger partial charge in [-0.05, 0) is 68.0 Å². The van der Waals surface area contributed by atoms with E-state index in [2.05, 4.69) is 40.5 Å². The Morgan fingerprint density at radius 1 is 1.19 bits per heavy atom. The number of carbonyl (C=O) groups is 1. The smallest absolute Gasteiger partial charge is 0.253 e. The Bertz CT molecular complexity index is 1270. The summed E-state index contributed by atoms with van der Waals surface area (Å²) in [7, 11) is 0. The molecule has 36 heavy (non-hydrogen) atoms. The first kappa shape index (κ1) is 24.2. The average molecular weight is 487 g/mol. The largest absolute Gasteiger partial charge is 0.396 e. The topological polar surface area (TPSA) is 103 Å². The van der Waals surface area contributed by atoms with Gasteiger partial charge < -0.3 is 20.6 Å². The molecule has 0 spiro atoms. The average Bonchev–Trinajstić information content (AvgIpc) is 3.19. The van der Waals surface area contributed by atoms with Crippen LogP contribution >= 0.6 is 0 Å². The van der Waals surface area contributed by atoms with Crippen LogP contribution in [0.2, 0.25) is 0 Å².